The lowest BCUT2D eigenvalue weighted by Gasteiger charge is -2.16. The summed E-state index contributed by atoms with van der Waals surface area (Å²) >= 11 is 3.40. The van der Waals surface area contributed by atoms with Crippen molar-refractivity contribution in [2.75, 3.05) is 14.2 Å². The van der Waals surface area contributed by atoms with Crippen LogP contribution in [0.25, 0.3) is 0 Å². The average Bonchev–Trinajstić information content (AvgIpc) is 2.45. The summed E-state index contributed by atoms with van der Waals surface area (Å²) in [5.41, 5.74) is 1.51. The molecule has 0 saturated carbocycles. The van der Waals surface area contributed by atoms with Crippen molar-refractivity contribution in [2.24, 2.45) is 0 Å². The van der Waals surface area contributed by atoms with Crippen molar-refractivity contribution < 1.29 is 14.6 Å². The molecule has 0 aliphatic carbocycles. The largest absolute Gasteiger partial charge is 0.497 e. The van der Waals surface area contributed by atoms with Gasteiger partial charge in [0.15, 0.2) is 0 Å². The molecule has 0 saturated heterocycles. The van der Waals surface area contributed by atoms with Gasteiger partial charge < -0.3 is 14.6 Å². The Hall–Kier alpha value is -1.52. The zero-order valence-electron chi connectivity index (χ0n) is 10.8. The minimum absolute atomic E-state index is 0.604. The van der Waals surface area contributed by atoms with E-state index < -0.39 is 6.10 Å². The van der Waals surface area contributed by atoms with E-state index in [1.807, 2.05) is 30.3 Å². The predicted molar refractivity (Wildman–Crippen MR) is 77.7 cm³/mol. The van der Waals surface area contributed by atoms with Crippen LogP contribution in [-0.4, -0.2) is 19.3 Å². The Labute approximate surface area is 120 Å². The highest BCUT2D eigenvalue weighted by atomic mass is 79.9. The SMILES string of the molecule is COc1ccc([C@@H](O)c2cccc(Br)c2)c(OC)c1. The highest BCUT2D eigenvalue weighted by Gasteiger charge is 2.16. The first-order chi connectivity index (χ1) is 9.15. The van der Waals surface area contributed by atoms with E-state index in [0.29, 0.717) is 17.1 Å². The summed E-state index contributed by atoms with van der Waals surface area (Å²) in [5, 5.41) is 10.5. The highest BCUT2D eigenvalue weighted by molar-refractivity contribution is 9.10. The summed E-state index contributed by atoms with van der Waals surface area (Å²) in [5.74, 6) is 1.30. The van der Waals surface area contributed by atoms with Crippen molar-refractivity contribution in [3.63, 3.8) is 0 Å². The number of halogens is 1. The van der Waals surface area contributed by atoms with Crippen LogP contribution in [0.15, 0.2) is 46.9 Å². The first kappa shape index (κ1) is 13.9. The fourth-order valence-corrected chi connectivity index (χ4v) is 2.32. The molecule has 0 radical (unpaired) electrons. The molecule has 2 aromatic carbocycles. The molecule has 0 aliphatic heterocycles. The number of methoxy groups -OCH3 is 2. The van der Waals surface area contributed by atoms with Crippen molar-refractivity contribution in [2.45, 2.75) is 6.10 Å². The zero-order chi connectivity index (χ0) is 13.8. The molecule has 0 fully saturated rings. The maximum Gasteiger partial charge on any atom is 0.128 e. The van der Waals surface area contributed by atoms with Crippen molar-refractivity contribution in [1.29, 1.82) is 0 Å². The van der Waals surface area contributed by atoms with Gasteiger partial charge in [0, 0.05) is 16.1 Å². The number of benzene rings is 2. The van der Waals surface area contributed by atoms with Gasteiger partial charge in [-0.1, -0.05) is 28.1 Å². The van der Waals surface area contributed by atoms with Crippen LogP contribution in [0.1, 0.15) is 17.2 Å². The smallest absolute Gasteiger partial charge is 0.128 e. The van der Waals surface area contributed by atoms with Crippen LogP contribution in [0.3, 0.4) is 0 Å². The molecule has 19 heavy (non-hydrogen) atoms. The van der Waals surface area contributed by atoms with Gasteiger partial charge in [-0.3, -0.25) is 0 Å². The third-order valence-electron chi connectivity index (χ3n) is 2.90. The maximum absolute atomic E-state index is 10.5. The standard InChI is InChI=1S/C15H15BrO3/c1-18-12-6-7-13(14(9-12)19-2)15(17)10-4-3-5-11(16)8-10/h3-9,15,17H,1-2H3/t15-/m0/s1. The Balaban J connectivity index is 2.40. The Morgan fingerprint density at radius 1 is 1.05 bits per heavy atom. The molecule has 4 heteroatoms. The predicted octanol–water partition coefficient (Wildman–Crippen LogP) is 3.55. The molecule has 2 aromatic rings. The minimum Gasteiger partial charge on any atom is -0.497 e. The molecule has 3 nitrogen and oxygen atoms in total. The minimum atomic E-state index is -0.738. The van der Waals surface area contributed by atoms with Gasteiger partial charge in [0.25, 0.3) is 0 Å². The van der Waals surface area contributed by atoms with Crippen molar-refractivity contribution in [3.05, 3.63) is 58.1 Å². The van der Waals surface area contributed by atoms with Gasteiger partial charge >= 0.3 is 0 Å². The van der Waals surface area contributed by atoms with E-state index in [0.717, 1.165) is 10.0 Å². The van der Waals surface area contributed by atoms with E-state index in [2.05, 4.69) is 15.9 Å². The van der Waals surface area contributed by atoms with Crippen molar-refractivity contribution in [3.8, 4) is 11.5 Å². The summed E-state index contributed by atoms with van der Waals surface area (Å²) in [4.78, 5) is 0. The lowest BCUT2D eigenvalue weighted by atomic mass is 10.0. The number of aliphatic hydroxyl groups excluding tert-OH is 1. The van der Waals surface area contributed by atoms with Gasteiger partial charge in [0.2, 0.25) is 0 Å². The molecule has 1 atom stereocenters. The fourth-order valence-electron chi connectivity index (χ4n) is 1.90. The average molecular weight is 323 g/mol. The molecule has 100 valence electrons. The Morgan fingerprint density at radius 3 is 2.47 bits per heavy atom. The van der Waals surface area contributed by atoms with Gasteiger partial charge in [-0.15, -0.1) is 0 Å². The number of ether oxygens (including phenoxy) is 2. The van der Waals surface area contributed by atoms with Crippen LogP contribution >= 0.6 is 15.9 Å². The van der Waals surface area contributed by atoms with E-state index in [4.69, 9.17) is 9.47 Å². The second-order valence-corrected chi connectivity index (χ2v) is 4.98. The van der Waals surface area contributed by atoms with Gasteiger partial charge in [-0.05, 0) is 29.8 Å². The molecular weight excluding hydrogens is 308 g/mol. The second-order valence-electron chi connectivity index (χ2n) is 4.07. The molecule has 0 aliphatic rings. The molecule has 0 amide bonds. The lowest BCUT2D eigenvalue weighted by Crippen LogP contribution is -2.02. The Kier molecular flexibility index (Phi) is 4.45. The van der Waals surface area contributed by atoms with E-state index in [-0.39, 0.29) is 0 Å². The third-order valence-corrected chi connectivity index (χ3v) is 3.39. The van der Waals surface area contributed by atoms with Gasteiger partial charge in [-0.2, -0.15) is 0 Å². The molecule has 2 rings (SSSR count). The van der Waals surface area contributed by atoms with Gasteiger partial charge in [0.1, 0.15) is 17.6 Å². The fraction of sp³-hybridized carbons (Fsp3) is 0.200. The maximum atomic E-state index is 10.5. The number of aliphatic hydroxyl groups is 1. The van der Waals surface area contributed by atoms with Crippen LogP contribution in [0.4, 0.5) is 0 Å². The first-order valence-corrected chi connectivity index (χ1v) is 6.60. The van der Waals surface area contributed by atoms with Crippen LogP contribution in [0.2, 0.25) is 0 Å². The molecular formula is C15H15BrO3. The van der Waals surface area contributed by atoms with Crippen LogP contribution in [-0.2, 0) is 0 Å². The first-order valence-electron chi connectivity index (χ1n) is 5.81. The second kappa shape index (κ2) is 6.08. The number of hydrogen-bond acceptors (Lipinski definition) is 3. The molecule has 0 unspecified atom stereocenters. The van der Waals surface area contributed by atoms with Gasteiger partial charge in [0.05, 0.1) is 14.2 Å². The number of hydrogen-bond donors (Lipinski definition) is 1. The quantitative estimate of drug-likeness (QED) is 0.935. The Morgan fingerprint density at radius 2 is 1.84 bits per heavy atom. The van der Waals surface area contributed by atoms with Crippen LogP contribution < -0.4 is 9.47 Å². The van der Waals surface area contributed by atoms with Crippen LogP contribution in [0, 0.1) is 0 Å². The normalized spacial score (nSPS) is 12.0. The summed E-state index contributed by atoms with van der Waals surface area (Å²) in [6, 6.07) is 12.9. The lowest BCUT2D eigenvalue weighted by molar-refractivity contribution is 0.214. The van der Waals surface area contributed by atoms with E-state index in [1.165, 1.54) is 0 Å². The molecule has 0 heterocycles. The van der Waals surface area contributed by atoms with E-state index >= 15 is 0 Å². The van der Waals surface area contributed by atoms with Gasteiger partial charge in [-0.25, -0.2) is 0 Å². The summed E-state index contributed by atoms with van der Waals surface area (Å²) < 4.78 is 11.4. The molecule has 0 bridgehead atoms. The van der Waals surface area contributed by atoms with Crippen LogP contribution in [0.5, 0.6) is 11.5 Å². The topological polar surface area (TPSA) is 38.7 Å². The zero-order valence-corrected chi connectivity index (χ0v) is 12.3. The highest BCUT2D eigenvalue weighted by Crippen LogP contribution is 2.33. The van der Waals surface area contributed by atoms with E-state index in [9.17, 15) is 5.11 Å². The monoisotopic (exact) mass is 322 g/mol. The Bertz CT molecular complexity index is 569. The molecule has 1 N–H and O–H groups in total. The summed E-state index contributed by atoms with van der Waals surface area (Å²) in [6.45, 7) is 0. The number of rotatable bonds is 4. The molecule has 0 spiro atoms. The van der Waals surface area contributed by atoms with Crippen molar-refractivity contribution in [1.82, 2.24) is 0 Å². The molecule has 0 aromatic heterocycles. The van der Waals surface area contributed by atoms with E-state index in [1.54, 1.807) is 26.4 Å². The third kappa shape index (κ3) is 3.08. The van der Waals surface area contributed by atoms with Crippen molar-refractivity contribution >= 4 is 15.9 Å². The summed E-state index contributed by atoms with van der Waals surface area (Å²) in [7, 11) is 3.17. The summed E-state index contributed by atoms with van der Waals surface area (Å²) in [6.07, 6.45) is -0.738.